The van der Waals surface area contributed by atoms with Gasteiger partial charge in [0.2, 0.25) is 0 Å². The molecule has 0 fully saturated rings. The Bertz CT molecular complexity index is 527. The molecule has 3 N–H and O–H groups in total. The van der Waals surface area contributed by atoms with Gasteiger partial charge in [0.1, 0.15) is 5.75 Å². The van der Waals surface area contributed by atoms with Gasteiger partial charge in [-0.2, -0.15) is 0 Å². The number of nitrogens with one attached hydrogen (secondary N) is 2. The van der Waals surface area contributed by atoms with Crippen LogP contribution in [-0.4, -0.2) is 36.2 Å². The molecule has 0 saturated carbocycles. The van der Waals surface area contributed by atoms with Crippen LogP contribution in [0.1, 0.15) is 34.8 Å². The lowest BCUT2D eigenvalue weighted by atomic mass is 10.3. The second-order valence-corrected chi connectivity index (χ2v) is 5.29. The van der Waals surface area contributed by atoms with Crippen molar-refractivity contribution < 1.29 is 24.2 Å². The minimum Gasteiger partial charge on any atom is -0.482 e. The van der Waals surface area contributed by atoms with E-state index in [0.717, 1.165) is 22.6 Å². The molecule has 0 aliphatic carbocycles. The fraction of sp³-hybridized carbons (Fsp3) is 0.462. The molecule has 0 aromatic carbocycles. The SMILES string of the molecule is CCCNC(=O)NC(=O)COc1cc(CC)sc1C(=O)O. The van der Waals surface area contributed by atoms with Gasteiger partial charge in [0.25, 0.3) is 5.91 Å². The van der Waals surface area contributed by atoms with Crippen LogP contribution < -0.4 is 15.4 Å². The zero-order valence-corrected chi connectivity index (χ0v) is 12.7. The largest absolute Gasteiger partial charge is 0.482 e. The number of carboxylic acids is 1. The molecule has 8 heteroatoms. The number of hydrogen-bond acceptors (Lipinski definition) is 5. The quantitative estimate of drug-likeness (QED) is 0.709. The maximum atomic E-state index is 11.5. The molecule has 0 saturated heterocycles. The Morgan fingerprint density at radius 2 is 2.05 bits per heavy atom. The predicted molar refractivity (Wildman–Crippen MR) is 78.0 cm³/mol. The Kier molecular flexibility index (Phi) is 6.67. The Hall–Kier alpha value is -2.09. The number of urea groups is 1. The van der Waals surface area contributed by atoms with Crippen molar-refractivity contribution in [1.82, 2.24) is 10.6 Å². The summed E-state index contributed by atoms with van der Waals surface area (Å²) in [4.78, 5) is 34.7. The molecule has 0 bridgehead atoms. The van der Waals surface area contributed by atoms with Gasteiger partial charge in [-0.1, -0.05) is 13.8 Å². The Morgan fingerprint density at radius 3 is 2.62 bits per heavy atom. The second-order valence-electron chi connectivity index (χ2n) is 4.16. The fourth-order valence-electron chi connectivity index (χ4n) is 1.44. The predicted octanol–water partition coefficient (Wildman–Crippen LogP) is 1.62. The van der Waals surface area contributed by atoms with Gasteiger partial charge in [-0.05, 0) is 18.9 Å². The minimum atomic E-state index is -1.10. The first-order valence-corrected chi connectivity index (χ1v) is 7.36. The van der Waals surface area contributed by atoms with Crippen LogP contribution in [0.2, 0.25) is 0 Å². The number of hydrogen-bond donors (Lipinski definition) is 3. The monoisotopic (exact) mass is 314 g/mol. The number of thiophene rings is 1. The van der Waals surface area contributed by atoms with Crippen molar-refractivity contribution in [3.8, 4) is 5.75 Å². The van der Waals surface area contributed by atoms with E-state index in [9.17, 15) is 14.4 Å². The van der Waals surface area contributed by atoms with E-state index in [2.05, 4.69) is 10.6 Å². The van der Waals surface area contributed by atoms with Crippen LogP contribution in [0.4, 0.5) is 4.79 Å². The number of carbonyl (C=O) groups is 3. The van der Waals surface area contributed by atoms with Crippen molar-refractivity contribution >= 4 is 29.2 Å². The van der Waals surface area contributed by atoms with Gasteiger partial charge in [0.15, 0.2) is 11.5 Å². The summed E-state index contributed by atoms with van der Waals surface area (Å²) in [7, 11) is 0. The molecule has 1 heterocycles. The van der Waals surface area contributed by atoms with Crippen LogP contribution in [-0.2, 0) is 11.2 Å². The van der Waals surface area contributed by atoms with Crippen LogP contribution >= 0.6 is 11.3 Å². The molecule has 0 radical (unpaired) electrons. The first kappa shape index (κ1) is 17.0. The van der Waals surface area contributed by atoms with E-state index in [1.807, 2.05) is 13.8 Å². The summed E-state index contributed by atoms with van der Waals surface area (Å²) < 4.78 is 5.19. The van der Waals surface area contributed by atoms with E-state index >= 15 is 0 Å². The molecule has 7 nitrogen and oxygen atoms in total. The van der Waals surface area contributed by atoms with E-state index in [-0.39, 0.29) is 10.6 Å². The van der Waals surface area contributed by atoms with Gasteiger partial charge in [-0.15, -0.1) is 11.3 Å². The van der Waals surface area contributed by atoms with E-state index in [1.54, 1.807) is 6.07 Å². The maximum absolute atomic E-state index is 11.5. The van der Waals surface area contributed by atoms with Crippen molar-refractivity contribution in [3.05, 3.63) is 15.8 Å². The number of aromatic carboxylic acids is 1. The highest BCUT2D eigenvalue weighted by molar-refractivity contribution is 7.14. The number of carboxylic acid groups (broad SMARTS) is 1. The Balaban J connectivity index is 2.54. The summed E-state index contributed by atoms with van der Waals surface area (Å²) in [6.45, 7) is 3.83. The summed E-state index contributed by atoms with van der Waals surface area (Å²) in [6, 6.07) is 1.00. The minimum absolute atomic E-state index is 0.0510. The molecule has 1 rings (SSSR count). The molecule has 0 aliphatic heterocycles. The zero-order chi connectivity index (χ0) is 15.8. The van der Waals surface area contributed by atoms with Gasteiger partial charge in [0, 0.05) is 11.4 Å². The van der Waals surface area contributed by atoms with Crippen LogP contribution in [0.3, 0.4) is 0 Å². The molecule has 0 unspecified atom stereocenters. The molecule has 1 aromatic rings. The molecule has 3 amide bonds. The first-order chi connectivity index (χ1) is 9.97. The molecule has 116 valence electrons. The van der Waals surface area contributed by atoms with Crippen molar-refractivity contribution in [1.29, 1.82) is 0 Å². The zero-order valence-electron chi connectivity index (χ0n) is 11.9. The topological polar surface area (TPSA) is 105 Å². The number of carbonyl (C=O) groups excluding carboxylic acids is 2. The summed E-state index contributed by atoms with van der Waals surface area (Å²) >= 11 is 1.11. The lowest BCUT2D eigenvalue weighted by Crippen LogP contribution is -2.41. The maximum Gasteiger partial charge on any atom is 0.349 e. The van der Waals surface area contributed by atoms with Gasteiger partial charge < -0.3 is 15.2 Å². The number of amides is 3. The van der Waals surface area contributed by atoms with Gasteiger partial charge in [0.05, 0.1) is 0 Å². The van der Waals surface area contributed by atoms with Crippen LogP contribution in [0.25, 0.3) is 0 Å². The van der Waals surface area contributed by atoms with Crippen LogP contribution in [0.15, 0.2) is 6.07 Å². The highest BCUT2D eigenvalue weighted by atomic mass is 32.1. The molecule has 0 spiro atoms. The normalized spacial score (nSPS) is 10.0. The van der Waals surface area contributed by atoms with Crippen molar-refractivity contribution in [2.24, 2.45) is 0 Å². The summed E-state index contributed by atoms with van der Waals surface area (Å²) in [5.41, 5.74) is 0. The third-order valence-electron chi connectivity index (χ3n) is 2.44. The van der Waals surface area contributed by atoms with Crippen molar-refractivity contribution in [2.75, 3.05) is 13.2 Å². The Morgan fingerprint density at radius 1 is 1.33 bits per heavy atom. The number of imide groups is 1. The fourth-order valence-corrected chi connectivity index (χ4v) is 2.32. The van der Waals surface area contributed by atoms with Crippen LogP contribution in [0, 0.1) is 0 Å². The lowest BCUT2D eigenvalue weighted by Gasteiger charge is -2.07. The number of rotatable bonds is 7. The van der Waals surface area contributed by atoms with Gasteiger partial charge in [-0.25, -0.2) is 9.59 Å². The average molecular weight is 314 g/mol. The average Bonchev–Trinajstić information content (AvgIpc) is 2.86. The lowest BCUT2D eigenvalue weighted by molar-refractivity contribution is -0.122. The number of aryl methyl sites for hydroxylation is 1. The summed E-state index contributed by atoms with van der Waals surface area (Å²) in [5, 5.41) is 13.6. The van der Waals surface area contributed by atoms with Crippen molar-refractivity contribution in [3.63, 3.8) is 0 Å². The van der Waals surface area contributed by atoms with Gasteiger partial charge >= 0.3 is 12.0 Å². The standard InChI is InChI=1S/C13H18N2O5S/c1-3-5-14-13(19)15-10(16)7-20-9-6-8(4-2)21-11(9)12(17)18/h6H,3-5,7H2,1-2H3,(H,17,18)(H2,14,15,16,19). The molecule has 1 aromatic heterocycles. The smallest absolute Gasteiger partial charge is 0.349 e. The second kappa shape index (κ2) is 8.25. The summed E-state index contributed by atoms with van der Waals surface area (Å²) in [5.74, 6) is -1.59. The van der Waals surface area contributed by atoms with E-state index in [0.29, 0.717) is 13.0 Å². The van der Waals surface area contributed by atoms with Gasteiger partial charge in [-0.3, -0.25) is 10.1 Å². The molecule has 21 heavy (non-hydrogen) atoms. The Labute approximate surface area is 126 Å². The highest BCUT2D eigenvalue weighted by Crippen LogP contribution is 2.29. The highest BCUT2D eigenvalue weighted by Gasteiger charge is 2.17. The van der Waals surface area contributed by atoms with Crippen LogP contribution in [0.5, 0.6) is 5.75 Å². The first-order valence-electron chi connectivity index (χ1n) is 6.54. The molecular weight excluding hydrogens is 296 g/mol. The number of ether oxygens (including phenoxy) is 1. The van der Waals surface area contributed by atoms with Crippen molar-refractivity contribution in [2.45, 2.75) is 26.7 Å². The third-order valence-corrected chi connectivity index (χ3v) is 3.69. The van der Waals surface area contributed by atoms with E-state index in [4.69, 9.17) is 9.84 Å². The molecular formula is C13H18N2O5S. The molecule has 0 aliphatic rings. The third kappa shape index (κ3) is 5.42. The van der Waals surface area contributed by atoms with E-state index < -0.39 is 24.5 Å². The molecule has 0 atom stereocenters. The summed E-state index contributed by atoms with van der Waals surface area (Å²) in [6.07, 6.45) is 1.44. The van der Waals surface area contributed by atoms with E-state index in [1.165, 1.54) is 0 Å².